The van der Waals surface area contributed by atoms with Crippen molar-refractivity contribution in [3.8, 4) is 11.5 Å². The maximum atomic E-state index is 10.7. The van der Waals surface area contributed by atoms with Crippen LogP contribution in [-0.2, 0) is 11.2 Å². The molecule has 0 aliphatic rings. The number of carboxylic acid groups (broad SMARTS) is 1. The van der Waals surface area contributed by atoms with Crippen molar-refractivity contribution in [3.05, 3.63) is 60.6 Å². The van der Waals surface area contributed by atoms with Crippen molar-refractivity contribution in [2.75, 3.05) is 10.6 Å². The van der Waals surface area contributed by atoms with E-state index >= 15 is 0 Å². The van der Waals surface area contributed by atoms with Crippen LogP contribution in [0.3, 0.4) is 0 Å². The van der Waals surface area contributed by atoms with Crippen LogP contribution < -0.4 is 10.6 Å². The van der Waals surface area contributed by atoms with Crippen LogP contribution in [0.2, 0.25) is 0 Å². The minimum absolute atomic E-state index is 0.0240. The van der Waals surface area contributed by atoms with E-state index in [2.05, 4.69) is 35.8 Å². The van der Waals surface area contributed by atoms with Crippen molar-refractivity contribution in [2.24, 2.45) is 0 Å². The van der Waals surface area contributed by atoms with E-state index in [1.165, 1.54) is 6.33 Å². The van der Waals surface area contributed by atoms with Crippen molar-refractivity contribution >= 4 is 29.4 Å². The van der Waals surface area contributed by atoms with E-state index in [0.29, 0.717) is 29.0 Å². The number of rotatable bonds is 7. The standard InChI is InChI=1S/C18H15N7O3/c26-16(27)8-11-3-5-12(6-4-11)21-17-19-10-20-18(23-17)22-15-9-13(24-25-15)14-2-1-7-28-14/h1-7,9-10H,8H2,(H,26,27)(H3,19,20,21,22,23,24,25). The summed E-state index contributed by atoms with van der Waals surface area (Å²) in [5, 5.41) is 21.9. The number of furan rings is 1. The number of anilines is 4. The van der Waals surface area contributed by atoms with Crippen LogP contribution >= 0.6 is 0 Å². The third kappa shape index (κ3) is 4.12. The average molecular weight is 377 g/mol. The van der Waals surface area contributed by atoms with Crippen LogP contribution in [0, 0.1) is 0 Å². The predicted octanol–water partition coefficient (Wildman–Crippen LogP) is 2.97. The molecule has 4 N–H and O–H groups in total. The molecule has 0 aliphatic heterocycles. The summed E-state index contributed by atoms with van der Waals surface area (Å²) in [6.07, 6.45) is 2.93. The molecule has 0 saturated heterocycles. The van der Waals surface area contributed by atoms with Crippen molar-refractivity contribution in [1.82, 2.24) is 25.1 Å². The highest BCUT2D eigenvalue weighted by molar-refractivity contribution is 5.70. The molecule has 10 nitrogen and oxygen atoms in total. The zero-order chi connectivity index (χ0) is 19.3. The van der Waals surface area contributed by atoms with Crippen LogP contribution in [0.5, 0.6) is 0 Å². The van der Waals surface area contributed by atoms with Crippen LogP contribution in [0.15, 0.2) is 59.5 Å². The minimum Gasteiger partial charge on any atom is -0.481 e. The van der Waals surface area contributed by atoms with E-state index in [1.807, 2.05) is 6.07 Å². The topological polar surface area (TPSA) is 142 Å². The molecule has 0 amide bonds. The molecule has 0 fully saturated rings. The van der Waals surface area contributed by atoms with Gasteiger partial charge in [-0.05, 0) is 29.8 Å². The molecule has 0 bridgehead atoms. The van der Waals surface area contributed by atoms with Crippen molar-refractivity contribution in [1.29, 1.82) is 0 Å². The van der Waals surface area contributed by atoms with Crippen molar-refractivity contribution in [3.63, 3.8) is 0 Å². The highest BCUT2D eigenvalue weighted by Gasteiger charge is 2.08. The third-order valence-electron chi connectivity index (χ3n) is 3.74. The molecule has 0 radical (unpaired) electrons. The average Bonchev–Trinajstić information content (AvgIpc) is 3.35. The van der Waals surface area contributed by atoms with Crippen LogP contribution in [0.4, 0.5) is 23.4 Å². The lowest BCUT2D eigenvalue weighted by Gasteiger charge is -2.07. The minimum atomic E-state index is -0.873. The van der Waals surface area contributed by atoms with E-state index in [-0.39, 0.29) is 6.42 Å². The summed E-state index contributed by atoms with van der Waals surface area (Å²) in [6.45, 7) is 0. The maximum Gasteiger partial charge on any atom is 0.307 e. The number of carboxylic acids is 1. The zero-order valence-electron chi connectivity index (χ0n) is 14.5. The molecule has 28 heavy (non-hydrogen) atoms. The van der Waals surface area contributed by atoms with Gasteiger partial charge in [-0.1, -0.05) is 12.1 Å². The lowest BCUT2D eigenvalue weighted by atomic mass is 10.1. The van der Waals surface area contributed by atoms with Gasteiger partial charge in [0, 0.05) is 11.8 Å². The van der Waals surface area contributed by atoms with Crippen LogP contribution in [0.25, 0.3) is 11.5 Å². The number of carbonyl (C=O) groups is 1. The summed E-state index contributed by atoms with van der Waals surface area (Å²) in [5.41, 5.74) is 2.16. The number of aromatic nitrogens is 5. The summed E-state index contributed by atoms with van der Waals surface area (Å²) in [7, 11) is 0. The molecule has 4 rings (SSSR count). The Morgan fingerprint density at radius 3 is 2.61 bits per heavy atom. The number of benzene rings is 1. The predicted molar refractivity (Wildman–Crippen MR) is 100 cm³/mol. The van der Waals surface area contributed by atoms with E-state index in [4.69, 9.17) is 9.52 Å². The van der Waals surface area contributed by atoms with E-state index in [9.17, 15) is 4.79 Å². The second-order valence-electron chi connectivity index (χ2n) is 5.79. The Kier molecular flexibility index (Phi) is 4.66. The Morgan fingerprint density at radius 2 is 1.89 bits per heavy atom. The van der Waals surface area contributed by atoms with Gasteiger partial charge in [-0.15, -0.1) is 0 Å². The van der Waals surface area contributed by atoms with Crippen molar-refractivity contribution < 1.29 is 14.3 Å². The van der Waals surface area contributed by atoms with E-state index in [1.54, 1.807) is 42.7 Å². The number of H-pyrrole nitrogens is 1. The molecule has 0 saturated carbocycles. The fraction of sp³-hybridized carbons (Fsp3) is 0.0556. The lowest BCUT2D eigenvalue weighted by Crippen LogP contribution is -2.03. The second-order valence-corrected chi connectivity index (χ2v) is 5.79. The largest absolute Gasteiger partial charge is 0.481 e. The lowest BCUT2D eigenvalue weighted by molar-refractivity contribution is -0.136. The molecule has 0 atom stereocenters. The SMILES string of the molecule is O=C(O)Cc1ccc(Nc2ncnc(Nc3cc(-c4ccco4)[nH]n3)n2)cc1. The number of nitrogens with zero attached hydrogens (tertiary/aromatic N) is 4. The normalized spacial score (nSPS) is 10.6. The Hall–Kier alpha value is -4.21. The van der Waals surface area contributed by atoms with Gasteiger partial charge in [0.1, 0.15) is 12.0 Å². The van der Waals surface area contributed by atoms with Gasteiger partial charge in [-0.3, -0.25) is 9.89 Å². The maximum absolute atomic E-state index is 10.7. The molecular weight excluding hydrogens is 362 g/mol. The molecule has 3 heterocycles. The Bertz CT molecular complexity index is 1070. The second kappa shape index (κ2) is 7.58. The first-order valence-electron chi connectivity index (χ1n) is 8.29. The number of aliphatic carboxylic acids is 1. The molecule has 0 spiro atoms. The zero-order valence-corrected chi connectivity index (χ0v) is 14.5. The highest BCUT2D eigenvalue weighted by atomic mass is 16.4. The Labute approximate surface area is 158 Å². The Balaban J connectivity index is 1.44. The number of nitrogens with one attached hydrogen (secondary N) is 3. The molecular formula is C18H15N7O3. The fourth-order valence-corrected chi connectivity index (χ4v) is 2.48. The van der Waals surface area contributed by atoms with Gasteiger partial charge < -0.3 is 20.2 Å². The van der Waals surface area contributed by atoms with Gasteiger partial charge in [0.05, 0.1) is 12.7 Å². The summed E-state index contributed by atoms with van der Waals surface area (Å²) < 4.78 is 5.32. The highest BCUT2D eigenvalue weighted by Crippen LogP contribution is 2.21. The number of hydrogen-bond acceptors (Lipinski definition) is 8. The smallest absolute Gasteiger partial charge is 0.307 e. The van der Waals surface area contributed by atoms with Gasteiger partial charge in [-0.2, -0.15) is 10.1 Å². The molecule has 10 heteroatoms. The molecule has 140 valence electrons. The van der Waals surface area contributed by atoms with Crippen LogP contribution in [-0.4, -0.2) is 36.2 Å². The van der Waals surface area contributed by atoms with Crippen LogP contribution in [0.1, 0.15) is 5.56 Å². The molecule has 3 aromatic heterocycles. The summed E-state index contributed by atoms with van der Waals surface area (Å²) in [6, 6.07) is 12.4. The first kappa shape index (κ1) is 17.2. The first-order chi connectivity index (χ1) is 13.7. The number of hydrogen-bond donors (Lipinski definition) is 4. The monoisotopic (exact) mass is 377 g/mol. The van der Waals surface area contributed by atoms with Crippen molar-refractivity contribution in [2.45, 2.75) is 6.42 Å². The van der Waals surface area contributed by atoms with Gasteiger partial charge in [0.15, 0.2) is 11.6 Å². The quantitative estimate of drug-likeness (QED) is 0.382. The molecule has 1 aromatic carbocycles. The molecule has 4 aromatic rings. The first-order valence-corrected chi connectivity index (χ1v) is 8.29. The molecule has 0 unspecified atom stereocenters. The van der Waals surface area contributed by atoms with Gasteiger partial charge >= 0.3 is 5.97 Å². The van der Waals surface area contributed by atoms with E-state index in [0.717, 1.165) is 11.4 Å². The Morgan fingerprint density at radius 1 is 1.11 bits per heavy atom. The van der Waals surface area contributed by atoms with E-state index < -0.39 is 5.97 Å². The summed E-state index contributed by atoms with van der Waals surface area (Å²) in [4.78, 5) is 23.2. The van der Waals surface area contributed by atoms with Gasteiger partial charge in [0.2, 0.25) is 11.9 Å². The molecule has 0 aliphatic carbocycles. The van der Waals surface area contributed by atoms with Gasteiger partial charge in [0.25, 0.3) is 0 Å². The fourth-order valence-electron chi connectivity index (χ4n) is 2.48. The summed E-state index contributed by atoms with van der Waals surface area (Å²) in [5.74, 6) is 0.983. The van der Waals surface area contributed by atoms with Gasteiger partial charge in [-0.25, -0.2) is 9.97 Å². The summed E-state index contributed by atoms with van der Waals surface area (Å²) >= 11 is 0. The number of aromatic amines is 1. The third-order valence-corrected chi connectivity index (χ3v) is 3.74.